The lowest BCUT2D eigenvalue weighted by atomic mass is 9.94. The van der Waals surface area contributed by atoms with Gasteiger partial charge in [0.1, 0.15) is 0 Å². The molecule has 3 nitrogen and oxygen atoms in total. The summed E-state index contributed by atoms with van der Waals surface area (Å²) >= 11 is 0. The van der Waals surface area contributed by atoms with Gasteiger partial charge in [-0.25, -0.2) is 0 Å². The van der Waals surface area contributed by atoms with Crippen molar-refractivity contribution in [2.45, 2.75) is 50.6 Å². The molecule has 3 saturated heterocycles. The van der Waals surface area contributed by atoms with E-state index in [1.54, 1.807) is 0 Å². The zero-order valence-electron chi connectivity index (χ0n) is 11.9. The molecule has 0 spiro atoms. The minimum atomic E-state index is 0.853. The average Bonchev–Trinajstić information content (AvgIpc) is 2.87. The fourth-order valence-corrected chi connectivity index (χ4v) is 4.24. The third-order valence-corrected chi connectivity index (χ3v) is 5.36. The highest BCUT2D eigenvalue weighted by Gasteiger charge is 2.33. The van der Waals surface area contributed by atoms with Gasteiger partial charge in [0.25, 0.3) is 0 Å². The van der Waals surface area contributed by atoms with Gasteiger partial charge in [0.05, 0.1) is 0 Å². The van der Waals surface area contributed by atoms with E-state index in [-0.39, 0.29) is 0 Å². The van der Waals surface area contributed by atoms with E-state index in [0.717, 1.165) is 18.0 Å². The highest BCUT2D eigenvalue weighted by atomic mass is 15.2. The number of nitrogens with one attached hydrogen (secondary N) is 1. The second-order valence-corrected chi connectivity index (χ2v) is 6.66. The second-order valence-electron chi connectivity index (χ2n) is 6.66. The predicted octanol–water partition coefficient (Wildman–Crippen LogP) is 1.54. The van der Waals surface area contributed by atoms with Crippen molar-refractivity contribution < 1.29 is 0 Å². The minimum Gasteiger partial charge on any atom is -0.316 e. The van der Waals surface area contributed by atoms with Crippen LogP contribution < -0.4 is 5.32 Å². The lowest BCUT2D eigenvalue weighted by Gasteiger charge is -2.40. The molecule has 0 amide bonds. The smallest absolute Gasteiger partial charge is 0.0119 e. The topological polar surface area (TPSA) is 18.5 Å². The third kappa shape index (κ3) is 2.89. The lowest BCUT2D eigenvalue weighted by molar-refractivity contribution is 0.0906. The molecule has 0 aliphatic carbocycles. The normalized spacial score (nSPS) is 38.0. The number of piperidine rings is 2. The molecule has 3 heteroatoms. The molecule has 18 heavy (non-hydrogen) atoms. The largest absolute Gasteiger partial charge is 0.316 e. The van der Waals surface area contributed by atoms with Crippen LogP contribution in [-0.4, -0.2) is 61.7 Å². The van der Waals surface area contributed by atoms with E-state index in [9.17, 15) is 0 Å². The zero-order valence-corrected chi connectivity index (χ0v) is 11.9. The van der Waals surface area contributed by atoms with E-state index in [1.165, 1.54) is 71.2 Å². The maximum atomic E-state index is 3.55. The van der Waals surface area contributed by atoms with Crippen LogP contribution in [0.2, 0.25) is 0 Å². The van der Waals surface area contributed by atoms with Crippen LogP contribution in [0.5, 0.6) is 0 Å². The first kappa shape index (κ1) is 12.9. The SMILES string of the molecule is CN(CC1CCCNC1)C1CCN2CCCC2C1. The molecule has 3 aliphatic rings. The van der Waals surface area contributed by atoms with Gasteiger partial charge < -0.3 is 15.1 Å². The Kier molecular flexibility index (Phi) is 4.22. The Morgan fingerprint density at radius 1 is 1.17 bits per heavy atom. The van der Waals surface area contributed by atoms with E-state index in [1.807, 2.05) is 0 Å². The Bertz CT molecular complexity index is 262. The number of nitrogens with zero attached hydrogens (tertiary/aromatic N) is 2. The first-order chi connectivity index (χ1) is 8.83. The van der Waals surface area contributed by atoms with Crippen LogP contribution in [0.25, 0.3) is 0 Å². The van der Waals surface area contributed by atoms with E-state index in [0.29, 0.717) is 0 Å². The van der Waals surface area contributed by atoms with Crippen LogP contribution >= 0.6 is 0 Å². The molecule has 104 valence electrons. The van der Waals surface area contributed by atoms with Gasteiger partial charge in [-0.05, 0) is 77.7 Å². The van der Waals surface area contributed by atoms with Gasteiger partial charge >= 0.3 is 0 Å². The van der Waals surface area contributed by atoms with Crippen LogP contribution in [0, 0.1) is 5.92 Å². The molecule has 3 heterocycles. The molecule has 0 radical (unpaired) electrons. The Hall–Kier alpha value is -0.120. The summed E-state index contributed by atoms with van der Waals surface area (Å²) < 4.78 is 0. The Balaban J connectivity index is 1.48. The third-order valence-electron chi connectivity index (χ3n) is 5.36. The van der Waals surface area contributed by atoms with Crippen LogP contribution in [0.15, 0.2) is 0 Å². The Labute approximate surface area is 112 Å². The van der Waals surface area contributed by atoms with E-state index < -0.39 is 0 Å². The summed E-state index contributed by atoms with van der Waals surface area (Å²) in [6.07, 6.45) is 8.52. The first-order valence-electron chi connectivity index (χ1n) is 7.98. The quantitative estimate of drug-likeness (QED) is 0.821. The van der Waals surface area contributed by atoms with Gasteiger partial charge in [0.2, 0.25) is 0 Å². The van der Waals surface area contributed by atoms with Crippen molar-refractivity contribution in [3.8, 4) is 0 Å². The summed E-state index contributed by atoms with van der Waals surface area (Å²) in [7, 11) is 2.36. The van der Waals surface area contributed by atoms with E-state index in [2.05, 4.69) is 22.2 Å². The van der Waals surface area contributed by atoms with Crippen molar-refractivity contribution in [2.24, 2.45) is 5.92 Å². The Morgan fingerprint density at radius 3 is 2.94 bits per heavy atom. The van der Waals surface area contributed by atoms with E-state index in [4.69, 9.17) is 0 Å². The summed E-state index contributed by atoms with van der Waals surface area (Å²) in [4.78, 5) is 5.40. The molecular weight excluding hydrogens is 222 g/mol. The van der Waals surface area contributed by atoms with Crippen LogP contribution in [-0.2, 0) is 0 Å². The highest BCUT2D eigenvalue weighted by Crippen LogP contribution is 2.29. The van der Waals surface area contributed by atoms with Crippen LogP contribution in [0.4, 0.5) is 0 Å². The Morgan fingerprint density at radius 2 is 2.11 bits per heavy atom. The van der Waals surface area contributed by atoms with Crippen molar-refractivity contribution in [1.82, 2.24) is 15.1 Å². The fourth-order valence-electron chi connectivity index (χ4n) is 4.24. The molecule has 0 aromatic carbocycles. The maximum absolute atomic E-state index is 3.55. The highest BCUT2D eigenvalue weighted by molar-refractivity contribution is 4.90. The molecule has 3 fully saturated rings. The van der Waals surface area contributed by atoms with Gasteiger partial charge in [-0.2, -0.15) is 0 Å². The predicted molar refractivity (Wildman–Crippen MR) is 75.8 cm³/mol. The minimum absolute atomic E-state index is 0.853. The van der Waals surface area contributed by atoms with Crippen LogP contribution in [0.1, 0.15) is 38.5 Å². The molecule has 3 unspecified atom stereocenters. The van der Waals surface area contributed by atoms with Crippen molar-refractivity contribution in [3.05, 3.63) is 0 Å². The van der Waals surface area contributed by atoms with Gasteiger partial charge in [-0.1, -0.05) is 0 Å². The monoisotopic (exact) mass is 251 g/mol. The number of rotatable bonds is 3. The van der Waals surface area contributed by atoms with Gasteiger partial charge in [0.15, 0.2) is 0 Å². The van der Waals surface area contributed by atoms with Crippen molar-refractivity contribution in [3.63, 3.8) is 0 Å². The summed E-state index contributed by atoms with van der Waals surface area (Å²) in [5.41, 5.74) is 0. The number of hydrogen-bond acceptors (Lipinski definition) is 3. The summed E-state index contributed by atoms with van der Waals surface area (Å²) in [6.45, 7) is 6.51. The molecule has 1 N–H and O–H groups in total. The standard InChI is InChI=1S/C15H29N3/c1-17(12-13-4-2-7-16-11-13)14-6-9-18-8-3-5-15(18)10-14/h13-16H,2-12H2,1H3. The lowest BCUT2D eigenvalue weighted by Crippen LogP contribution is -2.48. The zero-order chi connectivity index (χ0) is 12.4. The van der Waals surface area contributed by atoms with Crippen molar-refractivity contribution >= 4 is 0 Å². The first-order valence-corrected chi connectivity index (χ1v) is 7.98. The van der Waals surface area contributed by atoms with Gasteiger partial charge in [-0.3, -0.25) is 0 Å². The molecule has 3 atom stereocenters. The fraction of sp³-hybridized carbons (Fsp3) is 1.00. The average molecular weight is 251 g/mol. The van der Waals surface area contributed by atoms with Gasteiger partial charge in [0, 0.05) is 18.6 Å². The number of fused-ring (bicyclic) bond motifs is 1. The number of hydrogen-bond donors (Lipinski definition) is 1. The molecule has 0 aromatic heterocycles. The molecule has 3 rings (SSSR count). The second kappa shape index (κ2) is 5.89. The van der Waals surface area contributed by atoms with Crippen LogP contribution in [0.3, 0.4) is 0 Å². The summed E-state index contributed by atoms with van der Waals surface area (Å²) in [5, 5.41) is 3.55. The molecule has 0 saturated carbocycles. The van der Waals surface area contributed by atoms with Gasteiger partial charge in [-0.15, -0.1) is 0 Å². The molecule has 0 aromatic rings. The van der Waals surface area contributed by atoms with Crippen molar-refractivity contribution in [1.29, 1.82) is 0 Å². The van der Waals surface area contributed by atoms with E-state index >= 15 is 0 Å². The summed E-state index contributed by atoms with van der Waals surface area (Å²) in [6, 6.07) is 1.77. The van der Waals surface area contributed by atoms with Crippen molar-refractivity contribution in [2.75, 3.05) is 39.8 Å². The molecule has 3 aliphatic heterocycles. The maximum Gasteiger partial charge on any atom is 0.0119 e. The molecule has 0 bridgehead atoms. The summed E-state index contributed by atoms with van der Waals surface area (Å²) in [5.74, 6) is 0.894. The molecular formula is C15H29N3.